The van der Waals surface area contributed by atoms with E-state index in [0.29, 0.717) is 60.8 Å². The first kappa shape index (κ1) is 24.5. The molecule has 1 atom stereocenters. The summed E-state index contributed by atoms with van der Waals surface area (Å²) in [6.45, 7) is 3.31. The Balaban J connectivity index is 1.30. The highest BCUT2D eigenvalue weighted by Gasteiger charge is 2.33. The van der Waals surface area contributed by atoms with Crippen LogP contribution in [-0.2, 0) is 6.18 Å². The Morgan fingerprint density at radius 3 is 2.50 bits per heavy atom. The highest BCUT2D eigenvalue weighted by atomic mass is 32.1. The van der Waals surface area contributed by atoms with Crippen molar-refractivity contribution in [2.45, 2.75) is 12.3 Å². The molecule has 6 nitrogen and oxygen atoms in total. The average Bonchev–Trinajstić information content (AvgIpc) is 3.42. The lowest BCUT2D eigenvalue weighted by molar-refractivity contribution is -0.140. The fraction of sp³-hybridized carbons (Fsp3) is 0.308. The molecule has 0 spiro atoms. The summed E-state index contributed by atoms with van der Waals surface area (Å²) in [6, 6.07) is 13.7. The Labute approximate surface area is 210 Å². The van der Waals surface area contributed by atoms with E-state index >= 15 is 0 Å². The minimum absolute atomic E-state index is 0.202. The fourth-order valence-electron chi connectivity index (χ4n) is 4.34. The second kappa shape index (κ2) is 10.4. The van der Waals surface area contributed by atoms with Crippen molar-refractivity contribution >= 4 is 28.1 Å². The number of benzene rings is 1. The summed E-state index contributed by atoms with van der Waals surface area (Å²) in [7, 11) is 0. The molecule has 3 aromatic heterocycles. The first-order valence-electron chi connectivity index (χ1n) is 11.6. The molecule has 1 aromatic carbocycles. The smallest absolute Gasteiger partial charge is 0.433 e. The number of alkyl halides is 3. The van der Waals surface area contributed by atoms with E-state index in [4.69, 9.17) is 4.74 Å². The minimum Gasteiger partial charge on any atom is -0.491 e. The number of aliphatic hydroxyl groups is 1. The van der Waals surface area contributed by atoms with Crippen LogP contribution in [0.2, 0.25) is 0 Å². The monoisotopic (exact) mass is 514 g/mol. The molecular formula is C26H25F3N4O2S. The molecule has 0 amide bonds. The number of aromatic nitrogens is 2. The molecule has 1 saturated heterocycles. The Morgan fingerprint density at radius 1 is 1.03 bits per heavy atom. The lowest BCUT2D eigenvalue weighted by atomic mass is 10.1. The molecule has 1 unspecified atom stereocenters. The van der Waals surface area contributed by atoms with Crippen LogP contribution in [0.5, 0.6) is 5.75 Å². The van der Waals surface area contributed by atoms with Gasteiger partial charge in [-0.2, -0.15) is 24.5 Å². The van der Waals surface area contributed by atoms with E-state index in [-0.39, 0.29) is 6.61 Å². The molecule has 4 heterocycles. The molecule has 1 aliphatic rings. The number of aliphatic hydroxyl groups excluding tert-OH is 1. The molecule has 0 aliphatic carbocycles. The van der Waals surface area contributed by atoms with Gasteiger partial charge in [-0.25, -0.2) is 9.97 Å². The van der Waals surface area contributed by atoms with Crippen LogP contribution in [0.1, 0.15) is 5.69 Å². The Hall–Kier alpha value is -3.21. The van der Waals surface area contributed by atoms with Crippen LogP contribution in [0.25, 0.3) is 22.0 Å². The molecule has 0 saturated carbocycles. The number of ether oxygens (including phenoxy) is 1. The van der Waals surface area contributed by atoms with Crippen molar-refractivity contribution in [1.29, 1.82) is 0 Å². The van der Waals surface area contributed by atoms with Gasteiger partial charge in [-0.3, -0.25) is 4.90 Å². The Morgan fingerprint density at radius 2 is 1.81 bits per heavy atom. The van der Waals surface area contributed by atoms with Gasteiger partial charge in [-0.1, -0.05) is 18.2 Å². The van der Waals surface area contributed by atoms with Gasteiger partial charge in [0.25, 0.3) is 0 Å². The van der Waals surface area contributed by atoms with Gasteiger partial charge in [0.1, 0.15) is 30.0 Å². The van der Waals surface area contributed by atoms with Gasteiger partial charge in [0.2, 0.25) is 0 Å². The van der Waals surface area contributed by atoms with E-state index in [2.05, 4.69) is 19.8 Å². The second-order valence-electron chi connectivity index (χ2n) is 8.66. The highest BCUT2D eigenvalue weighted by Crippen LogP contribution is 2.36. The maximum atomic E-state index is 13.4. The number of hydrogen-bond acceptors (Lipinski definition) is 7. The number of fused-ring (bicyclic) bond motifs is 1. The zero-order chi connectivity index (χ0) is 25.1. The average molecular weight is 515 g/mol. The molecule has 10 heteroatoms. The van der Waals surface area contributed by atoms with Crippen molar-refractivity contribution in [2.75, 3.05) is 44.2 Å². The number of β-amino-alcohol motifs (C(OH)–C–C–N with tert-alkyl or cyclic N) is 1. The zero-order valence-corrected chi connectivity index (χ0v) is 20.2. The summed E-state index contributed by atoms with van der Waals surface area (Å²) >= 11 is 1.47. The third-order valence-electron chi connectivity index (χ3n) is 6.16. The van der Waals surface area contributed by atoms with Gasteiger partial charge in [-0.05, 0) is 46.7 Å². The predicted molar refractivity (Wildman–Crippen MR) is 134 cm³/mol. The first-order valence-corrected chi connectivity index (χ1v) is 12.6. The van der Waals surface area contributed by atoms with Crippen LogP contribution in [0.15, 0.2) is 65.5 Å². The summed E-state index contributed by atoms with van der Waals surface area (Å²) in [5.74, 6) is 1.34. The van der Waals surface area contributed by atoms with E-state index in [1.807, 2.05) is 47.2 Å². The van der Waals surface area contributed by atoms with E-state index in [1.54, 1.807) is 6.20 Å². The molecule has 0 radical (unpaired) electrons. The molecule has 4 aromatic rings. The van der Waals surface area contributed by atoms with Gasteiger partial charge in [0.15, 0.2) is 0 Å². The molecule has 1 N–H and O–H groups in total. The fourth-order valence-corrected chi connectivity index (χ4v) is 5.00. The standard InChI is InChI=1S/C26H25F3N4O2S/c27-26(28,29)23-7-6-21-24(31-23)22(18-8-13-36-17-18)14-30-25(21)33-11-9-32(10-12-33)15-19(34)16-35-20-4-2-1-3-5-20/h1-8,13-14,17,19,34H,9-12,15-16H2. The number of para-hydroxylation sites is 1. The number of thiophene rings is 1. The summed E-state index contributed by atoms with van der Waals surface area (Å²) in [5.41, 5.74) is 0.762. The molecule has 1 fully saturated rings. The highest BCUT2D eigenvalue weighted by molar-refractivity contribution is 7.08. The van der Waals surface area contributed by atoms with E-state index in [1.165, 1.54) is 17.4 Å². The number of piperazine rings is 1. The summed E-state index contributed by atoms with van der Waals surface area (Å²) in [5, 5.41) is 14.8. The molecular weight excluding hydrogens is 489 g/mol. The number of halogens is 3. The quantitative estimate of drug-likeness (QED) is 0.377. The normalized spacial score (nSPS) is 15.8. The molecule has 1 aliphatic heterocycles. The number of nitrogens with zero attached hydrogens (tertiary/aromatic N) is 4. The van der Waals surface area contributed by atoms with Gasteiger partial charge >= 0.3 is 6.18 Å². The van der Waals surface area contributed by atoms with Gasteiger partial charge in [-0.15, -0.1) is 0 Å². The lowest BCUT2D eigenvalue weighted by Gasteiger charge is -2.36. The predicted octanol–water partition coefficient (Wildman–Crippen LogP) is 4.94. The van der Waals surface area contributed by atoms with Crippen LogP contribution in [-0.4, -0.2) is 65.4 Å². The van der Waals surface area contributed by atoms with Crippen molar-refractivity contribution in [3.05, 3.63) is 71.2 Å². The van der Waals surface area contributed by atoms with Crippen LogP contribution in [0.4, 0.5) is 19.0 Å². The van der Waals surface area contributed by atoms with Crippen molar-refractivity contribution in [1.82, 2.24) is 14.9 Å². The third-order valence-corrected chi connectivity index (χ3v) is 6.84. The van der Waals surface area contributed by atoms with Gasteiger partial charge < -0.3 is 14.7 Å². The van der Waals surface area contributed by atoms with Crippen molar-refractivity contribution in [2.24, 2.45) is 0 Å². The lowest BCUT2D eigenvalue weighted by Crippen LogP contribution is -2.49. The maximum Gasteiger partial charge on any atom is 0.433 e. The molecule has 0 bridgehead atoms. The van der Waals surface area contributed by atoms with Crippen LogP contribution < -0.4 is 9.64 Å². The van der Waals surface area contributed by atoms with Crippen LogP contribution >= 0.6 is 11.3 Å². The number of rotatable bonds is 7. The summed E-state index contributed by atoms with van der Waals surface area (Å²) in [6.07, 6.45) is -3.55. The first-order chi connectivity index (χ1) is 17.4. The number of anilines is 1. The van der Waals surface area contributed by atoms with Crippen molar-refractivity contribution < 1.29 is 23.0 Å². The van der Waals surface area contributed by atoms with Gasteiger partial charge in [0.05, 0.1) is 5.52 Å². The number of pyridine rings is 2. The van der Waals surface area contributed by atoms with Crippen molar-refractivity contribution in [3.63, 3.8) is 0 Å². The van der Waals surface area contributed by atoms with Gasteiger partial charge in [0, 0.05) is 49.9 Å². The maximum absolute atomic E-state index is 13.4. The zero-order valence-electron chi connectivity index (χ0n) is 19.4. The third kappa shape index (κ3) is 5.45. The van der Waals surface area contributed by atoms with E-state index in [9.17, 15) is 18.3 Å². The number of hydrogen-bond donors (Lipinski definition) is 1. The summed E-state index contributed by atoms with van der Waals surface area (Å²) in [4.78, 5) is 12.9. The Bertz CT molecular complexity index is 1290. The largest absolute Gasteiger partial charge is 0.491 e. The minimum atomic E-state index is -4.53. The second-order valence-corrected chi connectivity index (χ2v) is 9.44. The van der Waals surface area contributed by atoms with Crippen molar-refractivity contribution in [3.8, 4) is 16.9 Å². The van der Waals surface area contributed by atoms with E-state index < -0.39 is 18.0 Å². The topological polar surface area (TPSA) is 61.7 Å². The Kier molecular flexibility index (Phi) is 7.08. The van der Waals surface area contributed by atoms with Crippen LogP contribution in [0, 0.1) is 0 Å². The van der Waals surface area contributed by atoms with E-state index in [0.717, 1.165) is 11.6 Å². The molecule has 188 valence electrons. The molecule has 5 rings (SSSR count). The summed E-state index contributed by atoms with van der Waals surface area (Å²) < 4.78 is 45.9. The SMILES string of the molecule is OC(COc1ccccc1)CN1CCN(c2ncc(-c3ccsc3)c3nc(C(F)(F)F)ccc23)CC1. The van der Waals surface area contributed by atoms with Crippen LogP contribution in [0.3, 0.4) is 0 Å². The molecule has 36 heavy (non-hydrogen) atoms.